The van der Waals surface area contributed by atoms with Gasteiger partial charge in [0.1, 0.15) is 23.1 Å². The van der Waals surface area contributed by atoms with Crippen LogP contribution in [0.15, 0.2) is 83.4 Å². The average molecular weight is 505 g/mol. The van der Waals surface area contributed by atoms with Crippen LogP contribution in [0.3, 0.4) is 0 Å². The third-order valence-electron chi connectivity index (χ3n) is 5.76. The number of ether oxygens (including phenoxy) is 1. The van der Waals surface area contributed by atoms with Gasteiger partial charge in [0.15, 0.2) is 11.6 Å². The number of amides is 1. The zero-order valence-electron chi connectivity index (χ0n) is 20.3. The summed E-state index contributed by atoms with van der Waals surface area (Å²) in [5.74, 6) is 0.0235. The van der Waals surface area contributed by atoms with E-state index in [0.717, 1.165) is 5.56 Å². The molecule has 5 aromatic rings. The summed E-state index contributed by atoms with van der Waals surface area (Å²) >= 11 is 0. The number of anilines is 1. The fraction of sp³-hybridized carbons (Fsp3) is 0.0741. The van der Waals surface area contributed by atoms with Crippen LogP contribution in [0.4, 0.5) is 17.2 Å². The van der Waals surface area contributed by atoms with Gasteiger partial charge in [-0.1, -0.05) is 18.2 Å². The molecule has 0 aliphatic carbocycles. The molecule has 0 aliphatic rings. The van der Waals surface area contributed by atoms with Gasteiger partial charge in [-0.25, -0.2) is 9.97 Å². The number of methoxy groups -OCH3 is 1. The van der Waals surface area contributed by atoms with Gasteiger partial charge in [-0.15, -0.1) is 10.2 Å². The van der Waals surface area contributed by atoms with Crippen LogP contribution in [-0.4, -0.2) is 37.9 Å². The van der Waals surface area contributed by atoms with Gasteiger partial charge in [0.2, 0.25) is 0 Å². The lowest BCUT2D eigenvalue weighted by atomic mass is 9.99. The summed E-state index contributed by atoms with van der Waals surface area (Å²) in [4.78, 5) is 21.5. The zero-order valence-corrected chi connectivity index (χ0v) is 20.3. The van der Waals surface area contributed by atoms with Gasteiger partial charge in [-0.2, -0.15) is 15.0 Å². The molecule has 0 saturated carbocycles. The second kappa shape index (κ2) is 10.2. The van der Waals surface area contributed by atoms with E-state index in [4.69, 9.17) is 4.74 Å². The summed E-state index contributed by atoms with van der Waals surface area (Å²) in [6.45, 7) is 1.86. The lowest BCUT2D eigenvalue weighted by molar-refractivity contribution is 0.102. The van der Waals surface area contributed by atoms with Crippen LogP contribution in [0.1, 0.15) is 21.5 Å². The van der Waals surface area contributed by atoms with Gasteiger partial charge in [0.05, 0.1) is 18.9 Å². The van der Waals surface area contributed by atoms with Gasteiger partial charge in [-0.05, 0) is 54.3 Å². The molecular formula is C27H20N8O3. The number of aromatic hydroxyl groups is 1. The molecule has 0 fully saturated rings. The standard InChI is InChI=1S/C27H20N8O3/c1-16-5-3-6-17-13-21(26(37)32-19-7-9-20(38-2)10-8-19)24(36)23(22(16)17)33-34-25-18(14-28)15-31-35(25)27-29-11-4-12-30-27/h3-13,15,36H,1-2H3,(H,32,37)/b34-33+. The van der Waals surface area contributed by atoms with Crippen molar-refractivity contribution in [3.05, 3.63) is 89.9 Å². The molecule has 0 radical (unpaired) electrons. The van der Waals surface area contributed by atoms with E-state index in [9.17, 15) is 15.2 Å². The Balaban J connectivity index is 1.61. The molecule has 2 N–H and O–H groups in total. The smallest absolute Gasteiger partial charge is 0.259 e. The third kappa shape index (κ3) is 4.49. The number of hydrogen-bond donors (Lipinski definition) is 2. The van der Waals surface area contributed by atoms with Crippen LogP contribution in [0.5, 0.6) is 11.5 Å². The maximum absolute atomic E-state index is 13.2. The Bertz CT molecular complexity index is 1720. The molecule has 3 aromatic carbocycles. The molecule has 5 rings (SSSR count). The highest BCUT2D eigenvalue weighted by Gasteiger charge is 2.21. The summed E-state index contributed by atoms with van der Waals surface area (Å²) in [5, 5.41) is 37.6. The number of nitrogens with zero attached hydrogens (tertiary/aromatic N) is 7. The van der Waals surface area contributed by atoms with Crippen molar-refractivity contribution in [2.45, 2.75) is 6.92 Å². The normalized spacial score (nSPS) is 11.0. The minimum absolute atomic E-state index is 0.00766. The van der Waals surface area contributed by atoms with Gasteiger partial charge >= 0.3 is 0 Å². The second-order valence-corrected chi connectivity index (χ2v) is 8.13. The van der Waals surface area contributed by atoms with E-state index < -0.39 is 5.91 Å². The highest BCUT2D eigenvalue weighted by atomic mass is 16.5. The minimum atomic E-state index is -0.534. The van der Waals surface area contributed by atoms with Crippen molar-refractivity contribution in [2.75, 3.05) is 12.4 Å². The molecule has 0 bridgehead atoms. The van der Waals surface area contributed by atoms with Gasteiger partial charge < -0.3 is 15.2 Å². The molecule has 186 valence electrons. The first-order valence-electron chi connectivity index (χ1n) is 11.4. The maximum atomic E-state index is 13.2. The molecule has 11 nitrogen and oxygen atoms in total. The second-order valence-electron chi connectivity index (χ2n) is 8.13. The Morgan fingerprint density at radius 3 is 2.58 bits per heavy atom. The molecule has 0 atom stereocenters. The predicted molar refractivity (Wildman–Crippen MR) is 139 cm³/mol. The summed E-state index contributed by atoms with van der Waals surface area (Å²) in [6, 6.07) is 17.6. The van der Waals surface area contributed by atoms with Gasteiger partial charge in [0.25, 0.3) is 11.9 Å². The van der Waals surface area contributed by atoms with Crippen LogP contribution in [0, 0.1) is 18.3 Å². The number of carbonyl (C=O) groups excluding carboxylic acids is 1. The number of aromatic nitrogens is 4. The number of benzene rings is 3. The van der Waals surface area contributed by atoms with E-state index in [2.05, 4.69) is 30.6 Å². The summed E-state index contributed by atoms with van der Waals surface area (Å²) in [5.41, 5.74) is 1.55. The topological polar surface area (TPSA) is 151 Å². The molecule has 11 heteroatoms. The Kier molecular flexibility index (Phi) is 6.44. The average Bonchev–Trinajstić information content (AvgIpc) is 3.36. The molecule has 2 heterocycles. The number of phenols is 1. The fourth-order valence-corrected chi connectivity index (χ4v) is 3.91. The van der Waals surface area contributed by atoms with E-state index in [1.165, 1.54) is 23.3 Å². The SMILES string of the molecule is COc1ccc(NC(=O)c2cc3cccc(C)c3c(/N=N/c3c(C#N)cnn3-c3ncccn3)c2O)cc1. The summed E-state index contributed by atoms with van der Waals surface area (Å²) in [7, 11) is 1.55. The summed E-state index contributed by atoms with van der Waals surface area (Å²) in [6.07, 6.45) is 4.39. The first-order valence-corrected chi connectivity index (χ1v) is 11.4. The fourth-order valence-electron chi connectivity index (χ4n) is 3.91. The number of rotatable bonds is 6. The number of fused-ring (bicyclic) bond motifs is 1. The molecule has 0 saturated heterocycles. The highest BCUT2D eigenvalue weighted by molar-refractivity contribution is 6.12. The largest absolute Gasteiger partial charge is 0.505 e. The van der Waals surface area contributed by atoms with Crippen molar-refractivity contribution in [2.24, 2.45) is 10.2 Å². The number of aryl methyl sites for hydroxylation is 1. The monoisotopic (exact) mass is 504 g/mol. The van der Waals surface area contributed by atoms with E-state index in [1.807, 2.05) is 31.2 Å². The molecule has 0 unspecified atom stereocenters. The van der Waals surface area contributed by atoms with Crippen molar-refractivity contribution in [1.29, 1.82) is 5.26 Å². The van der Waals surface area contributed by atoms with Gasteiger partial charge in [-0.3, -0.25) is 4.79 Å². The molecular weight excluding hydrogens is 484 g/mol. The number of hydrogen-bond acceptors (Lipinski definition) is 9. The Morgan fingerprint density at radius 1 is 1.11 bits per heavy atom. The highest BCUT2D eigenvalue weighted by Crippen LogP contribution is 2.41. The molecule has 0 spiro atoms. The molecule has 1 amide bonds. The lowest BCUT2D eigenvalue weighted by Gasteiger charge is -2.13. The van der Waals surface area contributed by atoms with Crippen molar-refractivity contribution in [1.82, 2.24) is 19.7 Å². The molecule has 0 aliphatic heterocycles. The van der Waals surface area contributed by atoms with E-state index >= 15 is 0 Å². The van der Waals surface area contributed by atoms with Gasteiger partial charge in [0, 0.05) is 23.5 Å². The minimum Gasteiger partial charge on any atom is -0.505 e. The third-order valence-corrected chi connectivity index (χ3v) is 5.76. The Morgan fingerprint density at radius 2 is 1.87 bits per heavy atom. The lowest BCUT2D eigenvalue weighted by Crippen LogP contribution is -2.12. The van der Waals surface area contributed by atoms with Crippen LogP contribution in [-0.2, 0) is 0 Å². The Hall–Kier alpha value is -5.63. The van der Waals surface area contributed by atoms with Crippen molar-refractivity contribution < 1.29 is 14.6 Å². The number of phenolic OH excluding ortho intramolecular Hbond substituents is 1. The quantitative estimate of drug-likeness (QED) is 0.295. The molecule has 2 aromatic heterocycles. The van der Waals surface area contributed by atoms with Crippen LogP contribution < -0.4 is 10.1 Å². The van der Waals surface area contributed by atoms with Crippen LogP contribution >= 0.6 is 0 Å². The maximum Gasteiger partial charge on any atom is 0.259 e. The van der Waals surface area contributed by atoms with Crippen molar-refractivity contribution >= 4 is 33.9 Å². The van der Waals surface area contributed by atoms with Crippen LogP contribution in [0.25, 0.3) is 16.7 Å². The predicted octanol–water partition coefficient (Wildman–Crippen LogP) is 5.38. The number of azo groups is 1. The zero-order chi connectivity index (χ0) is 26.6. The van der Waals surface area contributed by atoms with E-state index in [-0.39, 0.29) is 34.3 Å². The van der Waals surface area contributed by atoms with Crippen molar-refractivity contribution in [3.8, 4) is 23.5 Å². The van der Waals surface area contributed by atoms with Crippen molar-refractivity contribution in [3.63, 3.8) is 0 Å². The Labute approximate surface area is 216 Å². The van der Waals surface area contributed by atoms with Crippen LogP contribution in [0.2, 0.25) is 0 Å². The molecule has 38 heavy (non-hydrogen) atoms. The number of nitriles is 1. The van der Waals surface area contributed by atoms with E-state index in [0.29, 0.717) is 22.2 Å². The summed E-state index contributed by atoms with van der Waals surface area (Å²) < 4.78 is 6.43. The van der Waals surface area contributed by atoms with E-state index in [1.54, 1.807) is 43.5 Å². The number of nitrogens with one attached hydrogen (secondary N) is 1. The first kappa shape index (κ1) is 24.1. The first-order chi connectivity index (χ1) is 18.5. The number of carbonyl (C=O) groups is 1.